The van der Waals surface area contributed by atoms with E-state index in [4.69, 9.17) is 4.74 Å². The van der Waals surface area contributed by atoms with Gasteiger partial charge in [-0.15, -0.1) is 0 Å². The molecule has 4 aliphatic rings. The molecule has 3 aliphatic carbocycles. The van der Waals surface area contributed by atoms with Crippen molar-refractivity contribution in [2.75, 3.05) is 0 Å². The molecule has 2 heteroatoms. The maximum Gasteiger partial charge on any atom is 0.129 e. The number of rotatable bonds is 0. The molecule has 2 nitrogen and oxygen atoms in total. The van der Waals surface area contributed by atoms with Crippen LogP contribution in [0.5, 0.6) is 0 Å². The molecule has 0 spiro atoms. The van der Waals surface area contributed by atoms with Gasteiger partial charge in [0.1, 0.15) is 11.2 Å². The van der Waals surface area contributed by atoms with Crippen molar-refractivity contribution in [2.24, 2.45) is 22.7 Å². The number of hydrogen-bond acceptors (Lipinski definition) is 2. The summed E-state index contributed by atoms with van der Waals surface area (Å²) in [7, 11) is 0. The van der Waals surface area contributed by atoms with Gasteiger partial charge in [0.15, 0.2) is 0 Å². The Kier molecular flexibility index (Phi) is 1.57. The predicted octanol–water partition coefficient (Wildman–Crippen LogP) is 2.74. The van der Waals surface area contributed by atoms with Crippen LogP contribution in [-0.4, -0.2) is 22.4 Å². The summed E-state index contributed by atoms with van der Waals surface area (Å²) in [5, 5.41) is 10.5. The van der Waals surface area contributed by atoms with Crippen LogP contribution in [0.25, 0.3) is 0 Å². The Bertz CT molecular complexity index is 404. The molecule has 4 rings (SSSR count). The van der Waals surface area contributed by atoms with Crippen molar-refractivity contribution >= 4 is 0 Å². The first-order valence-corrected chi connectivity index (χ1v) is 7.16. The minimum atomic E-state index is -0.221. The second kappa shape index (κ2) is 2.46. The smallest absolute Gasteiger partial charge is 0.129 e. The highest BCUT2D eigenvalue weighted by atomic mass is 16.7. The molecular weight excluding hydrogens is 212 g/mol. The first kappa shape index (κ1) is 10.8. The largest absolute Gasteiger partial charge is 0.390 e. The normalized spacial score (nSPS) is 66.5. The van der Waals surface area contributed by atoms with Crippen molar-refractivity contribution in [3.8, 4) is 0 Å². The van der Waals surface area contributed by atoms with Crippen LogP contribution in [0.1, 0.15) is 53.4 Å². The highest BCUT2D eigenvalue weighted by Crippen LogP contribution is 2.83. The summed E-state index contributed by atoms with van der Waals surface area (Å²) in [5.41, 5.74) is 0.484. The van der Waals surface area contributed by atoms with Crippen LogP contribution < -0.4 is 0 Å². The van der Waals surface area contributed by atoms with Crippen molar-refractivity contribution in [3.63, 3.8) is 0 Å². The number of aliphatic hydroxyl groups excluding tert-OH is 1. The lowest BCUT2D eigenvalue weighted by Crippen LogP contribution is -2.39. The van der Waals surface area contributed by atoms with Gasteiger partial charge in [0, 0.05) is 5.41 Å². The van der Waals surface area contributed by atoms with E-state index in [1.165, 1.54) is 12.8 Å². The quantitative estimate of drug-likeness (QED) is 0.656. The molecule has 0 radical (unpaired) electrons. The topological polar surface area (TPSA) is 32.8 Å². The predicted molar refractivity (Wildman–Crippen MR) is 65.6 cm³/mol. The van der Waals surface area contributed by atoms with Gasteiger partial charge in [-0.05, 0) is 42.9 Å². The third-order valence-corrected chi connectivity index (χ3v) is 6.57. The third kappa shape index (κ3) is 0.920. The second-order valence-corrected chi connectivity index (χ2v) is 8.24. The monoisotopic (exact) mass is 236 g/mol. The first-order chi connectivity index (χ1) is 7.78. The standard InChI is InChI=1S/C15H24O2/c1-9-5-11(16)15-13(4)7-10(13)6-12(2,3)8-14(9,15)17-15/h9-11,16H,5-8H2,1-4H3/t9-,10+,11+,13-,14+,15-/m1/s1. The molecule has 0 aromatic rings. The van der Waals surface area contributed by atoms with Gasteiger partial charge in [-0.1, -0.05) is 27.7 Å². The minimum Gasteiger partial charge on any atom is -0.390 e. The fourth-order valence-electron chi connectivity index (χ4n) is 5.75. The number of aliphatic hydroxyl groups is 1. The van der Waals surface area contributed by atoms with E-state index in [1.807, 2.05) is 0 Å². The van der Waals surface area contributed by atoms with Crippen molar-refractivity contribution in [2.45, 2.75) is 70.7 Å². The zero-order valence-electron chi connectivity index (χ0n) is 11.4. The Labute approximate surface area is 104 Å². The fourth-order valence-corrected chi connectivity index (χ4v) is 5.75. The van der Waals surface area contributed by atoms with Crippen LogP contribution in [0.15, 0.2) is 0 Å². The third-order valence-electron chi connectivity index (χ3n) is 6.57. The second-order valence-electron chi connectivity index (χ2n) is 8.24. The van der Waals surface area contributed by atoms with E-state index in [0.717, 1.165) is 18.8 Å². The Morgan fingerprint density at radius 3 is 2.59 bits per heavy atom. The van der Waals surface area contributed by atoms with Crippen LogP contribution in [0.3, 0.4) is 0 Å². The Hall–Kier alpha value is -0.0800. The number of fused-ring (bicyclic) bond motifs is 1. The van der Waals surface area contributed by atoms with E-state index < -0.39 is 0 Å². The molecular formula is C15H24O2. The van der Waals surface area contributed by atoms with E-state index in [2.05, 4.69) is 27.7 Å². The molecule has 0 amide bonds. The zero-order valence-corrected chi connectivity index (χ0v) is 11.4. The molecule has 17 heavy (non-hydrogen) atoms. The number of hydrogen-bond donors (Lipinski definition) is 1. The lowest BCUT2D eigenvalue weighted by molar-refractivity contribution is 0.00265. The summed E-state index contributed by atoms with van der Waals surface area (Å²) in [6.45, 7) is 9.41. The molecule has 1 saturated heterocycles. The molecule has 0 aromatic carbocycles. The van der Waals surface area contributed by atoms with Crippen molar-refractivity contribution < 1.29 is 9.84 Å². The number of ether oxygens (including phenoxy) is 1. The van der Waals surface area contributed by atoms with Crippen LogP contribution in [0.4, 0.5) is 0 Å². The maximum atomic E-state index is 10.5. The fraction of sp³-hybridized carbons (Fsp3) is 1.00. The molecule has 1 heterocycles. The molecule has 1 aliphatic heterocycles. The lowest BCUT2D eigenvalue weighted by atomic mass is 9.73. The van der Waals surface area contributed by atoms with Crippen molar-refractivity contribution in [3.05, 3.63) is 0 Å². The van der Waals surface area contributed by atoms with Crippen molar-refractivity contribution in [1.29, 1.82) is 0 Å². The summed E-state index contributed by atoms with van der Waals surface area (Å²) >= 11 is 0. The van der Waals surface area contributed by atoms with Crippen LogP contribution >= 0.6 is 0 Å². The Morgan fingerprint density at radius 1 is 1.18 bits per heavy atom. The highest BCUT2D eigenvalue weighted by Gasteiger charge is 2.90. The summed E-state index contributed by atoms with van der Waals surface area (Å²) in [4.78, 5) is 0. The molecule has 0 aromatic heterocycles. The number of epoxide rings is 1. The molecule has 0 bridgehead atoms. The van der Waals surface area contributed by atoms with Crippen LogP contribution in [-0.2, 0) is 4.74 Å². The van der Waals surface area contributed by atoms with Gasteiger partial charge in [-0.3, -0.25) is 0 Å². The van der Waals surface area contributed by atoms with E-state index >= 15 is 0 Å². The van der Waals surface area contributed by atoms with Crippen LogP contribution in [0.2, 0.25) is 0 Å². The van der Waals surface area contributed by atoms with Gasteiger partial charge < -0.3 is 9.84 Å². The molecule has 4 fully saturated rings. The van der Waals surface area contributed by atoms with Crippen LogP contribution in [0, 0.1) is 22.7 Å². The summed E-state index contributed by atoms with van der Waals surface area (Å²) in [6, 6.07) is 0. The molecule has 6 atom stereocenters. The average Bonchev–Trinajstić information content (AvgIpc) is 2.99. The molecule has 0 unspecified atom stereocenters. The van der Waals surface area contributed by atoms with Gasteiger partial charge >= 0.3 is 0 Å². The molecule has 1 N–H and O–H groups in total. The minimum absolute atomic E-state index is 0.00984. The van der Waals surface area contributed by atoms with E-state index in [9.17, 15) is 5.11 Å². The summed E-state index contributed by atoms with van der Waals surface area (Å²) in [6.07, 6.45) is 4.45. The van der Waals surface area contributed by atoms with E-state index in [1.54, 1.807) is 0 Å². The van der Waals surface area contributed by atoms with Crippen molar-refractivity contribution in [1.82, 2.24) is 0 Å². The SMILES string of the molecule is C[C@@H]1C[C@H](O)[C@]23O[C@@]12CC(C)(C)C[C@H]1C[C@]13C. The lowest BCUT2D eigenvalue weighted by Gasteiger charge is -2.29. The van der Waals surface area contributed by atoms with Gasteiger partial charge in [0.05, 0.1) is 6.10 Å². The maximum absolute atomic E-state index is 10.5. The average molecular weight is 236 g/mol. The molecule has 3 saturated carbocycles. The van der Waals surface area contributed by atoms with Gasteiger partial charge in [0.2, 0.25) is 0 Å². The van der Waals surface area contributed by atoms with Gasteiger partial charge in [-0.2, -0.15) is 0 Å². The molecule has 96 valence electrons. The highest BCUT2D eigenvalue weighted by molar-refractivity contribution is 5.38. The summed E-state index contributed by atoms with van der Waals surface area (Å²) < 4.78 is 6.34. The first-order valence-electron chi connectivity index (χ1n) is 7.16. The van der Waals surface area contributed by atoms with E-state index in [-0.39, 0.29) is 22.7 Å². The zero-order chi connectivity index (χ0) is 12.3. The Morgan fingerprint density at radius 2 is 1.88 bits per heavy atom. The van der Waals surface area contributed by atoms with Gasteiger partial charge in [0.25, 0.3) is 0 Å². The summed E-state index contributed by atoms with van der Waals surface area (Å²) in [5.74, 6) is 1.30. The Balaban J connectivity index is 1.85. The van der Waals surface area contributed by atoms with E-state index in [0.29, 0.717) is 11.3 Å². The van der Waals surface area contributed by atoms with Gasteiger partial charge in [-0.25, -0.2) is 0 Å².